The Kier molecular flexibility index (Phi) is 8.12. The van der Waals surface area contributed by atoms with Gasteiger partial charge in [0.15, 0.2) is 0 Å². The maximum Gasteiger partial charge on any atom is 0.0731 e. The molecule has 0 aromatic heterocycles. The van der Waals surface area contributed by atoms with E-state index >= 15 is 0 Å². The number of hydrogen-bond acceptors (Lipinski definition) is 2. The van der Waals surface area contributed by atoms with Crippen LogP contribution in [0.1, 0.15) is 24.8 Å². The van der Waals surface area contributed by atoms with Gasteiger partial charge >= 0.3 is 0 Å². The van der Waals surface area contributed by atoms with Crippen LogP contribution in [0.2, 0.25) is 10.0 Å². The maximum atomic E-state index is 6.08. The summed E-state index contributed by atoms with van der Waals surface area (Å²) in [5, 5.41) is 4.72. The zero-order valence-corrected chi connectivity index (χ0v) is 13.2. The fourth-order valence-electron chi connectivity index (χ4n) is 2.24. The zero-order chi connectivity index (χ0) is 12.8. The number of nitrogens with one attached hydrogen (secondary N) is 1. The van der Waals surface area contributed by atoms with Crippen molar-refractivity contribution in [1.82, 2.24) is 5.32 Å². The van der Waals surface area contributed by atoms with Gasteiger partial charge < -0.3 is 10.1 Å². The van der Waals surface area contributed by atoms with E-state index in [2.05, 4.69) is 5.32 Å². The molecule has 1 aliphatic heterocycles. The van der Waals surface area contributed by atoms with E-state index in [1.54, 1.807) is 6.07 Å². The molecule has 0 atom stereocenters. The van der Waals surface area contributed by atoms with Gasteiger partial charge in [-0.25, -0.2) is 0 Å². The van der Waals surface area contributed by atoms with Gasteiger partial charge in [-0.2, -0.15) is 0 Å². The van der Waals surface area contributed by atoms with Crippen molar-refractivity contribution in [3.63, 3.8) is 0 Å². The Hall–Kier alpha value is 0.01000. The topological polar surface area (TPSA) is 21.3 Å². The molecule has 1 fully saturated rings. The number of ether oxygens (including phenoxy) is 1. The minimum Gasteiger partial charge on any atom is -0.377 e. The van der Waals surface area contributed by atoms with Gasteiger partial charge in [-0.3, -0.25) is 0 Å². The Morgan fingerprint density at radius 3 is 2.63 bits per heavy atom. The maximum absolute atomic E-state index is 6.08. The predicted octanol–water partition coefficient (Wildman–Crippen LogP) is 4.32. The lowest BCUT2D eigenvalue weighted by atomic mass is 9.95. The first-order valence-electron chi connectivity index (χ1n) is 6.48. The molecule has 1 N–H and O–H groups in total. The Balaban J connectivity index is 0.00000180. The molecule has 0 unspecified atom stereocenters. The van der Waals surface area contributed by atoms with Gasteiger partial charge in [0, 0.05) is 16.7 Å². The highest BCUT2D eigenvalue weighted by Gasteiger charge is 2.12. The highest BCUT2D eigenvalue weighted by atomic mass is 35.5. The largest absolute Gasteiger partial charge is 0.377 e. The molecule has 1 aromatic rings. The molecular formula is C14H20Cl3NO. The second-order valence-electron chi connectivity index (χ2n) is 4.77. The quantitative estimate of drug-likeness (QED) is 0.814. The van der Waals surface area contributed by atoms with E-state index in [9.17, 15) is 0 Å². The van der Waals surface area contributed by atoms with Crippen LogP contribution in [0.5, 0.6) is 0 Å². The average Bonchev–Trinajstić information content (AvgIpc) is 2.38. The van der Waals surface area contributed by atoms with Crippen LogP contribution in [-0.4, -0.2) is 19.7 Å². The van der Waals surface area contributed by atoms with Crippen LogP contribution >= 0.6 is 35.6 Å². The summed E-state index contributed by atoms with van der Waals surface area (Å²) in [6, 6.07) is 5.53. The van der Waals surface area contributed by atoms with E-state index in [1.165, 1.54) is 12.8 Å². The summed E-state index contributed by atoms with van der Waals surface area (Å²) in [5.41, 5.74) is 1.01. The Labute approximate surface area is 131 Å². The molecule has 1 aromatic carbocycles. The molecule has 19 heavy (non-hydrogen) atoms. The van der Waals surface area contributed by atoms with Crippen LogP contribution in [0.4, 0.5) is 0 Å². The van der Waals surface area contributed by atoms with Crippen LogP contribution in [0.3, 0.4) is 0 Å². The first kappa shape index (κ1) is 17.1. The summed E-state index contributed by atoms with van der Waals surface area (Å²) < 4.78 is 5.70. The Morgan fingerprint density at radius 1 is 1.21 bits per heavy atom. The fourth-order valence-corrected chi connectivity index (χ4v) is 2.70. The van der Waals surface area contributed by atoms with Crippen molar-refractivity contribution in [2.75, 3.05) is 19.7 Å². The second-order valence-corrected chi connectivity index (χ2v) is 5.61. The number of halogens is 3. The molecule has 0 spiro atoms. The van der Waals surface area contributed by atoms with Gasteiger partial charge in [0.05, 0.1) is 6.61 Å². The third-order valence-corrected chi connectivity index (χ3v) is 3.99. The molecule has 1 aliphatic rings. The SMILES string of the molecule is Cl.Clc1ccc(COCCC2CCNCC2)c(Cl)c1. The molecule has 1 saturated heterocycles. The Morgan fingerprint density at radius 2 is 1.95 bits per heavy atom. The molecule has 0 saturated carbocycles. The van der Waals surface area contributed by atoms with Gasteiger partial charge in [0.2, 0.25) is 0 Å². The first-order valence-corrected chi connectivity index (χ1v) is 7.23. The van der Waals surface area contributed by atoms with E-state index in [-0.39, 0.29) is 12.4 Å². The van der Waals surface area contributed by atoms with Crippen molar-refractivity contribution in [2.24, 2.45) is 5.92 Å². The van der Waals surface area contributed by atoms with Crippen LogP contribution in [0.25, 0.3) is 0 Å². The first-order chi connectivity index (χ1) is 8.75. The summed E-state index contributed by atoms with van der Waals surface area (Å²) in [4.78, 5) is 0. The number of benzene rings is 1. The molecule has 0 aliphatic carbocycles. The van der Waals surface area contributed by atoms with E-state index in [0.717, 1.165) is 37.6 Å². The fraction of sp³-hybridized carbons (Fsp3) is 0.571. The molecule has 0 bridgehead atoms. The number of hydrogen-bond donors (Lipinski definition) is 1. The second kappa shape index (κ2) is 9.04. The summed E-state index contributed by atoms with van der Waals surface area (Å²) >= 11 is 11.9. The molecule has 2 nitrogen and oxygen atoms in total. The van der Waals surface area contributed by atoms with Crippen LogP contribution in [0, 0.1) is 5.92 Å². The number of rotatable bonds is 5. The molecule has 5 heteroatoms. The van der Waals surface area contributed by atoms with E-state index in [0.29, 0.717) is 16.7 Å². The van der Waals surface area contributed by atoms with Crippen molar-refractivity contribution >= 4 is 35.6 Å². The van der Waals surface area contributed by atoms with E-state index in [1.807, 2.05) is 12.1 Å². The normalized spacial score (nSPS) is 16.1. The van der Waals surface area contributed by atoms with Crippen molar-refractivity contribution < 1.29 is 4.74 Å². The lowest BCUT2D eigenvalue weighted by Gasteiger charge is -2.22. The van der Waals surface area contributed by atoms with E-state index < -0.39 is 0 Å². The molecular weight excluding hydrogens is 305 g/mol. The van der Waals surface area contributed by atoms with Gasteiger partial charge in [-0.1, -0.05) is 29.3 Å². The average molecular weight is 325 g/mol. The summed E-state index contributed by atoms with van der Waals surface area (Å²) in [6.45, 7) is 3.67. The van der Waals surface area contributed by atoms with Gasteiger partial charge in [-0.05, 0) is 56.0 Å². The lowest BCUT2D eigenvalue weighted by molar-refractivity contribution is 0.103. The third-order valence-electron chi connectivity index (χ3n) is 3.40. The van der Waals surface area contributed by atoms with Crippen molar-refractivity contribution in [2.45, 2.75) is 25.9 Å². The van der Waals surface area contributed by atoms with Gasteiger partial charge in [-0.15, -0.1) is 12.4 Å². The smallest absolute Gasteiger partial charge is 0.0731 e. The van der Waals surface area contributed by atoms with Gasteiger partial charge in [0.25, 0.3) is 0 Å². The van der Waals surface area contributed by atoms with Crippen molar-refractivity contribution in [3.05, 3.63) is 33.8 Å². The lowest BCUT2D eigenvalue weighted by Crippen LogP contribution is -2.28. The Bertz CT molecular complexity index is 381. The molecule has 0 amide bonds. The highest BCUT2D eigenvalue weighted by Crippen LogP contribution is 2.22. The van der Waals surface area contributed by atoms with Crippen molar-refractivity contribution in [1.29, 1.82) is 0 Å². The highest BCUT2D eigenvalue weighted by molar-refractivity contribution is 6.35. The monoisotopic (exact) mass is 323 g/mol. The summed E-state index contributed by atoms with van der Waals surface area (Å²) in [6.07, 6.45) is 3.68. The van der Waals surface area contributed by atoms with Crippen LogP contribution in [0.15, 0.2) is 18.2 Å². The molecule has 2 rings (SSSR count). The van der Waals surface area contributed by atoms with Crippen molar-refractivity contribution in [3.8, 4) is 0 Å². The summed E-state index contributed by atoms with van der Waals surface area (Å²) in [7, 11) is 0. The van der Waals surface area contributed by atoms with Crippen LogP contribution < -0.4 is 5.32 Å². The summed E-state index contributed by atoms with van der Waals surface area (Å²) in [5.74, 6) is 0.812. The predicted molar refractivity (Wildman–Crippen MR) is 83.6 cm³/mol. The molecule has 108 valence electrons. The number of piperidine rings is 1. The minimum absolute atomic E-state index is 0. The van der Waals surface area contributed by atoms with Crippen LogP contribution in [-0.2, 0) is 11.3 Å². The molecule has 1 heterocycles. The van der Waals surface area contributed by atoms with Gasteiger partial charge in [0.1, 0.15) is 0 Å². The standard InChI is InChI=1S/C14H19Cl2NO.ClH/c15-13-2-1-12(14(16)9-13)10-18-8-5-11-3-6-17-7-4-11;/h1-2,9,11,17H,3-8,10H2;1H. The van der Waals surface area contributed by atoms with E-state index in [4.69, 9.17) is 27.9 Å². The zero-order valence-electron chi connectivity index (χ0n) is 10.8. The third kappa shape index (κ3) is 5.88. The molecule has 0 radical (unpaired) electrons. The minimum atomic E-state index is 0.